The molecule has 156 valence electrons. The molecule has 7 nitrogen and oxygen atoms in total. The number of sulfonamides is 1. The van der Waals surface area contributed by atoms with Gasteiger partial charge in [-0.15, -0.1) is 0 Å². The van der Waals surface area contributed by atoms with Crippen LogP contribution in [0.15, 0.2) is 42.5 Å². The van der Waals surface area contributed by atoms with Gasteiger partial charge in [0, 0.05) is 24.7 Å². The van der Waals surface area contributed by atoms with E-state index in [4.69, 9.17) is 9.47 Å². The van der Waals surface area contributed by atoms with Gasteiger partial charge in [-0.2, -0.15) is 0 Å². The highest BCUT2D eigenvalue weighted by Crippen LogP contribution is 2.36. The molecule has 1 heterocycles. The number of anilines is 2. The van der Waals surface area contributed by atoms with Gasteiger partial charge in [0.1, 0.15) is 0 Å². The van der Waals surface area contributed by atoms with Crippen molar-refractivity contribution in [2.45, 2.75) is 32.6 Å². The van der Waals surface area contributed by atoms with Gasteiger partial charge in [0.25, 0.3) is 0 Å². The molecule has 0 bridgehead atoms. The van der Waals surface area contributed by atoms with Crippen molar-refractivity contribution in [1.29, 1.82) is 0 Å². The maximum atomic E-state index is 12.4. The second-order valence-electron chi connectivity index (χ2n) is 7.27. The first kappa shape index (κ1) is 21.0. The third kappa shape index (κ3) is 5.20. The lowest BCUT2D eigenvalue weighted by atomic mass is 10.0. The molecule has 29 heavy (non-hydrogen) atoms. The van der Waals surface area contributed by atoms with Crippen LogP contribution in [0.2, 0.25) is 0 Å². The molecule has 0 aromatic heterocycles. The third-order valence-corrected chi connectivity index (χ3v) is 5.86. The predicted octanol–water partition coefficient (Wildman–Crippen LogP) is 3.72. The fourth-order valence-electron chi connectivity index (χ4n) is 3.24. The highest BCUT2D eigenvalue weighted by Gasteiger charge is 2.21. The van der Waals surface area contributed by atoms with Crippen LogP contribution in [-0.4, -0.2) is 33.9 Å². The molecule has 1 aliphatic heterocycles. The average molecular weight is 419 g/mol. The molecule has 0 unspecified atom stereocenters. The van der Waals surface area contributed by atoms with Gasteiger partial charge in [-0.05, 0) is 36.1 Å². The Morgan fingerprint density at radius 2 is 1.86 bits per heavy atom. The van der Waals surface area contributed by atoms with Crippen LogP contribution in [0.1, 0.15) is 38.2 Å². The Kier molecular flexibility index (Phi) is 6.32. The minimum absolute atomic E-state index is 0.121. The summed E-state index contributed by atoms with van der Waals surface area (Å²) in [7, 11) is -3.50. The molecule has 8 heteroatoms. The maximum absolute atomic E-state index is 12.4. The van der Waals surface area contributed by atoms with E-state index in [0.29, 0.717) is 29.5 Å². The number of rotatable bonds is 8. The second kappa shape index (κ2) is 8.73. The first-order chi connectivity index (χ1) is 13.8. The van der Waals surface area contributed by atoms with Crippen LogP contribution < -0.4 is 19.1 Å². The number of hydrogen-bond donors (Lipinski definition) is 1. The maximum Gasteiger partial charge on any atom is 0.232 e. The van der Waals surface area contributed by atoms with Crippen LogP contribution in [0.3, 0.4) is 0 Å². The first-order valence-electron chi connectivity index (χ1n) is 9.52. The molecular weight excluding hydrogens is 392 g/mol. The minimum atomic E-state index is -3.50. The predicted molar refractivity (Wildman–Crippen MR) is 113 cm³/mol. The number of carbonyl (C=O) groups is 1. The molecular formula is C21H26N2O5S. The van der Waals surface area contributed by atoms with E-state index in [1.807, 2.05) is 24.3 Å². The summed E-state index contributed by atoms with van der Waals surface area (Å²) in [5.74, 6) is 1.25. The SMILES string of the molecule is CC(C)c1ccccc1NC(=O)CCCN(c1ccc2c(c1)OCO2)S(C)(=O)=O. The van der Waals surface area contributed by atoms with E-state index in [0.717, 1.165) is 17.5 Å². The molecule has 2 aromatic rings. The lowest BCUT2D eigenvalue weighted by Crippen LogP contribution is -2.31. The van der Waals surface area contributed by atoms with Crippen LogP contribution in [0.25, 0.3) is 0 Å². The standard InChI is InChI=1S/C21H26N2O5S/c1-15(2)17-7-4-5-8-18(17)22-21(24)9-6-12-23(29(3,25)26)16-10-11-19-20(13-16)28-14-27-19/h4-5,7-8,10-11,13,15H,6,9,12,14H2,1-3H3,(H,22,24). The second-order valence-corrected chi connectivity index (χ2v) is 9.17. The van der Waals surface area contributed by atoms with Gasteiger partial charge in [0.15, 0.2) is 11.5 Å². The van der Waals surface area contributed by atoms with Crippen molar-refractivity contribution in [3.63, 3.8) is 0 Å². The Bertz CT molecular complexity index is 988. The van der Waals surface area contributed by atoms with Crippen molar-refractivity contribution >= 4 is 27.3 Å². The molecule has 2 aromatic carbocycles. The van der Waals surface area contributed by atoms with Crippen molar-refractivity contribution in [3.05, 3.63) is 48.0 Å². The quantitative estimate of drug-likeness (QED) is 0.706. The summed E-state index contributed by atoms with van der Waals surface area (Å²) < 4.78 is 36.4. The number of nitrogens with zero attached hydrogens (tertiary/aromatic N) is 1. The van der Waals surface area contributed by atoms with E-state index in [1.54, 1.807) is 18.2 Å². The van der Waals surface area contributed by atoms with Gasteiger partial charge >= 0.3 is 0 Å². The Balaban J connectivity index is 1.63. The fraction of sp³-hybridized carbons (Fsp3) is 0.381. The lowest BCUT2D eigenvalue weighted by Gasteiger charge is -2.22. The number of ether oxygens (including phenoxy) is 2. The van der Waals surface area contributed by atoms with Crippen molar-refractivity contribution in [2.75, 3.05) is 29.2 Å². The minimum Gasteiger partial charge on any atom is -0.454 e. The van der Waals surface area contributed by atoms with Crippen molar-refractivity contribution in [2.24, 2.45) is 0 Å². The highest BCUT2D eigenvalue weighted by atomic mass is 32.2. The molecule has 0 fully saturated rings. The van der Waals surface area contributed by atoms with E-state index in [1.165, 1.54) is 4.31 Å². The summed E-state index contributed by atoms with van der Waals surface area (Å²) in [4.78, 5) is 12.4. The highest BCUT2D eigenvalue weighted by molar-refractivity contribution is 7.92. The Morgan fingerprint density at radius 1 is 1.14 bits per heavy atom. The van der Waals surface area contributed by atoms with Crippen LogP contribution in [0.5, 0.6) is 11.5 Å². The molecule has 0 aliphatic carbocycles. The molecule has 1 N–H and O–H groups in total. The molecule has 0 atom stereocenters. The number of fused-ring (bicyclic) bond motifs is 1. The number of nitrogens with one attached hydrogen (secondary N) is 1. The van der Waals surface area contributed by atoms with Crippen LogP contribution in [-0.2, 0) is 14.8 Å². The van der Waals surface area contributed by atoms with E-state index in [2.05, 4.69) is 19.2 Å². The monoisotopic (exact) mass is 418 g/mol. The van der Waals surface area contributed by atoms with E-state index in [-0.39, 0.29) is 25.7 Å². The van der Waals surface area contributed by atoms with Gasteiger partial charge in [-0.1, -0.05) is 32.0 Å². The fourth-order valence-corrected chi connectivity index (χ4v) is 4.19. The lowest BCUT2D eigenvalue weighted by molar-refractivity contribution is -0.116. The van der Waals surface area contributed by atoms with E-state index in [9.17, 15) is 13.2 Å². The van der Waals surface area contributed by atoms with Crippen molar-refractivity contribution in [3.8, 4) is 11.5 Å². The van der Waals surface area contributed by atoms with Crippen molar-refractivity contribution in [1.82, 2.24) is 0 Å². The molecule has 1 aliphatic rings. The summed E-state index contributed by atoms with van der Waals surface area (Å²) >= 11 is 0. The molecule has 3 rings (SSSR count). The molecule has 0 spiro atoms. The van der Waals surface area contributed by atoms with Crippen LogP contribution >= 0.6 is 0 Å². The number of amides is 1. The average Bonchev–Trinajstić information content (AvgIpc) is 3.12. The summed E-state index contributed by atoms with van der Waals surface area (Å²) in [5.41, 5.74) is 2.35. The normalized spacial score (nSPS) is 12.8. The van der Waals surface area contributed by atoms with E-state index >= 15 is 0 Å². The van der Waals surface area contributed by atoms with Crippen LogP contribution in [0, 0.1) is 0 Å². The number of para-hydroxylation sites is 1. The molecule has 0 radical (unpaired) electrons. The van der Waals surface area contributed by atoms with Crippen molar-refractivity contribution < 1.29 is 22.7 Å². The molecule has 0 saturated heterocycles. The van der Waals surface area contributed by atoms with Gasteiger partial charge in [-0.3, -0.25) is 9.10 Å². The number of benzene rings is 2. The van der Waals surface area contributed by atoms with Gasteiger partial charge in [-0.25, -0.2) is 8.42 Å². The zero-order valence-corrected chi connectivity index (χ0v) is 17.7. The molecule has 1 amide bonds. The third-order valence-electron chi connectivity index (χ3n) is 4.67. The zero-order valence-electron chi connectivity index (χ0n) is 16.8. The largest absolute Gasteiger partial charge is 0.454 e. The summed E-state index contributed by atoms with van der Waals surface area (Å²) in [5, 5.41) is 2.93. The Labute approximate surface area is 171 Å². The molecule has 0 saturated carbocycles. The Hall–Kier alpha value is -2.74. The Morgan fingerprint density at radius 3 is 2.59 bits per heavy atom. The number of hydrogen-bond acceptors (Lipinski definition) is 5. The summed E-state index contributed by atoms with van der Waals surface area (Å²) in [6.07, 6.45) is 1.75. The zero-order chi connectivity index (χ0) is 21.0. The number of carbonyl (C=O) groups excluding carboxylic acids is 1. The smallest absolute Gasteiger partial charge is 0.232 e. The van der Waals surface area contributed by atoms with Gasteiger partial charge in [0.05, 0.1) is 11.9 Å². The summed E-state index contributed by atoms with van der Waals surface area (Å²) in [6, 6.07) is 12.7. The topological polar surface area (TPSA) is 84.9 Å². The van der Waals surface area contributed by atoms with Gasteiger partial charge < -0.3 is 14.8 Å². The van der Waals surface area contributed by atoms with E-state index < -0.39 is 10.0 Å². The summed E-state index contributed by atoms with van der Waals surface area (Å²) in [6.45, 7) is 4.45. The van der Waals surface area contributed by atoms with Crippen LogP contribution in [0.4, 0.5) is 11.4 Å². The van der Waals surface area contributed by atoms with Gasteiger partial charge in [0.2, 0.25) is 22.7 Å². The first-order valence-corrected chi connectivity index (χ1v) is 11.4.